The zero-order valence-corrected chi connectivity index (χ0v) is 59.4. The number of carbonyl (C=O) groups excluding carboxylic acids is 4. The molecule has 19 heteroatoms. The minimum Gasteiger partial charge on any atom is -0.462 e. The van der Waals surface area contributed by atoms with Crippen molar-refractivity contribution < 1.29 is 80.2 Å². The lowest BCUT2D eigenvalue weighted by molar-refractivity contribution is -0.161. The maximum atomic E-state index is 13.0. The molecule has 0 heterocycles. The first kappa shape index (κ1) is 87.1. The topological polar surface area (TPSA) is 237 Å². The van der Waals surface area contributed by atoms with Gasteiger partial charge < -0.3 is 33.8 Å². The maximum Gasteiger partial charge on any atom is 0.472 e. The molecule has 5 atom stereocenters. The largest absolute Gasteiger partial charge is 0.472 e. The number of hydrogen-bond acceptors (Lipinski definition) is 15. The Morgan fingerprint density at radius 1 is 0.303 bits per heavy atom. The van der Waals surface area contributed by atoms with E-state index in [1.807, 2.05) is 0 Å². The molecular formula is C70H136O17P2. The third kappa shape index (κ3) is 64.6. The Balaban J connectivity index is 5.22. The van der Waals surface area contributed by atoms with Crippen molar-refractivity contribution in [2.24, 2.45) is 5.92 Å². The molecule has 0 aromatic rings. The van der Waals surface area contributed by atoms with Crippen LogP contribution in [0.1, 0.15) is 362 Å². The van der Waals surface area contributed by atoms with Gasteiger partial charge in [-0.15, -0.1) is 0 Å². The third-order valence-electron chi connectivity index (χ3n) is 16.3. The molecule has 0 radical (unpaired) electrons. The van der Waals surface area contributed by atoms with Crippen molar-refractivity contribution in [3.63, 3.8) is 0 Å². The summed E-state index contributed by atoms with van der Waals surface area (Å²) >= 11 is 0. The average molecular weight is 1310 g/mol. The summed E-state index contributed by atoms with van der Waals surface area (Å²) in [4.78, 5) is 72.5. The highest BCUT2D eigenvalue weighted by atomic mass is 31.2. The van der Waals surface area contributed by atoms with E-state index in [0.717, 1.165) is 95.8 Å². The molecule has 0 aromatic carbocycles. The Bertz CT molecular complexity index is 1720. The van der Waals surface area contributed by atoms with Crippen LogP contribution in [-0.2, 0) is 65.4 Å². The number of phosphoric acid groups is 2. The van der Waals surface area contributed by atoms with Gasteiger partial charge in [-0.2, -0.15) is 0 Å². The summed E-state index contributed by atoms with van der Waals surface area (Å²) in [7, 11) is -9.90. The predicted octanol–water partition coefficient (Wildman–Crippen LogP) is 20.1. The molecule has 2 unspecified atom stereocenters. The van der Waals surface area contributed by atoms with E-state index in [9.17, 15) is 43.2 Å². The van der Waals surface area contributed by atoms with Crippen molar-refractivity contribution in [3.8, 4) is 0 Å². The van der Waals surface area contributed by atoms with Crippen LogP contribution >= 0.6 is 15.6 Å². The summed E-state index contributed by atoms with van der Waals surface area (Å²) in [6.45, 7) is 7.21. The molecule has 17 nitrogen and oxygen atoms in total. The van der Waals surface area contributed by atoms with Crippen LogP contribution in [0.2, 0.25) is 0 Å². The van der Waals surface area contributed by atoms with Crippen LogP contribution in [0, 0.1) is 5.92 Å². The second kappa shape index (κ2) is 63.5. The average Bonchev–Trinajstić information content (AvgIpc) is 3.71. The van der Waals surface area contributed by atoms with Crippen molar-refractivity contribution >= 4 is 39.5 Å². The fourth-order valence-corrected chi connectivity index (χ4v) is 12.2. The minimum atomic E-state index is -4.95. The Labute approximate surface area is 543 Å². The standard InChI is InChI=1S/C70H136O17P2/c1-6-9-12-15-18-21-24-25-26-27-28-29-30-35-41-46-51-56-70(75)87-66(60-81-68(73)54-49-44-39-36-31-32-37-42-47-52-63(4)5)62-85-89(78,79)83-58-64(71)57-82-88(76,77)84-61-65(86-69(74)55-50-45-40-34-23-20-17-14-11-8-3)59-80-67(72)53-48-43-38-33-22-19-16-13-10-7-2/h63-66,71H,6-62H2,1-5H3,(H,76,77)(H,78,79)/t64-,65+,66+/m0/s1. The van der Waals surface area contributed by atoms with Crippen LogP contribution in [0.15, 0.2) is 0 Å². The first-order chi connectivity index (χ1) is 43.0. The van der Waals surface area contributed by atoms with Crippen LogP contribution in [0.4, 0.5) is 0 Å². The van der Waals surface area contributed by atoms with Crippen molar-refractivity contribution in [3.05, 3.63) is 0 Å². The fourth-order valence-electron chi connectivity index (χ4n) is 10.6. The lowest BCUT2D eigenvalue weighted by atomic mass is 10.0. The molecule has 0 aliphatic carbocycles. The number of aliphatic hydroxyl groups is 1. The van der Waals surface area contributed by atoms with Gasteiger partial charge in [0.1, 0.15) is 19.3 Å². The highest BCUT2D eigenvalue weighted by molar-refractivity contribution is 7.47. The number of aliphatic hydroxyl groups excluding tert-OH is 1. The van der Waals surface area contributed by atoms with E-state index >= 15 is 0 Å². The molecule has 0 saturated carbocycles. The number of rotatable bonds is 70. The van der Waals surface area contributed by atoms with Crippen molar-refractivity contribution in [2.45, 2.75) is 380 Å². The van der Waals surface area contributed by atoms with E-state index in [1.54, 1.807) is 0 Å². The van der Waals surface area contributed by atoms with Gasteiger partial charge in [-0.25, -0.2) is 9.13 Å². The number of carbonyl (C=O) groups is 4. The van der Waals surface area contributed by atoms with E-state index in [0.29, 0.717) is 25.7 Å². The molecule has 0 amide bonds. The smallest absolute Gasteiger partial charge is 0.462 e. The van der Waals surface area contributed by atoms with Crippen LogP contribution in [0.5, 0.6) is 0 Å². The van der Waals surface area contributed by atoms with Gasteiger partial charge in [0.25, 0.3) is 0 Å². The molecule has 0 aliphatic heterocycles. The van der Waals surface area contributed by atoms with Crippen molar-refractivity contribution in [2.75, 3.05) is 39.6 Å². The van der Waals surface area contributed by atoms with Gasteiger partial charge in [0.15, 0.2) is 12.2 Å². The molecule has 0 aromatic heterocycles. The van der Waals surface area contributed by atoms with E-state index in [1.165, 1.54) is 186 Å². The number of phosphoric ester groups is 2. The number of hydrogen-bond donors (Lipinski definition) is 3. The zero-order chi connectivity index (χ0) is 65.6. The van der Waals surface area contributed by atoms with Crippen LogP contribution in [-0.4, -0.2) is 96.7 Å². The molecule has 0 saturated heterocycles. The number of ether oxygens (including phenoxy) is 4. The lowest BCUT2D eigenvalue weighted by Crippen LogP contribution is -2.30. The molecule has 0 fully saturated rings. The fraction of sp³-hybridized carbons (Fsp3) is 0.943. The van der Waals surface area contributed by atoms with Gasteiger partial charge >= 0.3 is 39.5 Å². The molecule has 0 rings (SSSR count). The SMILES string of the molecule is CCCCCCCCCCCCCCCCCCCC(=O)O[C@H](COC(=O)CCCCCCCCCCCC(C)C)COP(=O)(O)OC[C@@H](O)COP(=O)(O)OC[C@@H](COC(=O)CCCCCCCCCCCC)OC(=O)CCCCCCCCCCCC. The Hall–Kier alpha value is -1.94. The van der Waals surface area contributed by atoms with Crippen molar-refractivity contribution in [1.29, 1.82) is 0 Å². The normalized spacial score (nSPS) is 14.1. The second-order valence-electron chi connectivity index (χ2n) is 25.7. The molecule has 0 aliphatic rings. The molecular weight excluding hydrogens is 1170 g/mol. The van der Waals surface area contributed by atoms with Crippen LogP contribution in [0.25, 0.3) is 0 Å². The highest BCUT2D eigenvalue weighted by Crippen LogP contribution is 2.45. The first-order valence-electron chi connectivity index (χ1n) is 36.6. The summed E-state index contributed by atoms with van der Waals surface area (Å²) in [5, 5.41) is 10.6. The number of esters is 4. The van der Waals surface area contributed by atoms with Gasteiger partial charge in [0, 0.05) is 25.7 Å². The van der Waals surface area contributed by atoms with Gasteiger partial charge in [-0.3, -0.25) is 37.3 Å². The van der Waals surface area contributed by atoms with Gasteiger partial charge in [-0.05, 0) is 31.6 Å². The summed E-state index contributed by atoms with van der Waals surface area (Å²) in [5.41, 5.74) is 0. The van der Waals surface area contributed by atoms with E-state index in [4.69, 9.17) is 37.0 Å². The zero-order valence-electron chi connectivity index (χ0n) is 57.6. The van der Waals surface area contributed by atoms with Gasteiger partial charge in [-0.1, -0.05) is 311 Å². The highest BCUT2D eigenvalue weighted by Gasteiger charge is 2.30. The Morgan fingerprint density at radius 3 is 0.764 bits per heavy atom. The predicted molar refractivity (Wildman–Crippen MR) is 358 cm³/mol. The molecule has 528 valence electrons. The summed E-state index contributed by atoms with van der Waals surface area (Å²) < 4.78 is 68.2. The third-order valence-corrected chi connectivity index (χ3v) is 18.2. The van der Waals surface area contributed by atoms with E-state index in [-0.39, 0.29) is 25.7 Å². The number of unbranched alkanes of at least 4 members (excludes halogenated alkanes) is 42. The van der Waals surface area contributed by atoms with Crippen LogP contribution < -0.4 is 0 Å². The van der Waals surface area contributed by atoms with Gasteiger partial charge in [0.05, 0.1) is 26.4 Å². The Morgan fingerprint density at radius 2 is 0.517 bits per heavy atom. The van der Waals surface area contributed by atoms with Gasteiger partial charge in [0.2, 0.25) is 0 Å². The van der Waals surface area contributed by atoms with E-state index < -0.39 is 97.5 Å². The van der Waals surface area contributed by atoms with Crippen LogP contribution in [0.3, 0.4) is 0 Å². The molecule has 3 N–H and O–H groups in total. The minimum absolute atomic E-state index is 0.107. The summed E-state index contributed by atoms with van der Waals surface area (Å²) in [6, 6.07) is 0. The maximum absolute atomic E-state index is 13.0. The first-order valence-corrected chi connectivity index (χ1v) is 39.6. The lowest BCUT2D eigenvalue weighted by Gasteiger charge is -2.21. The monoisotopic (exact) mass is 1310 g/mol. The summed E-state index contributed by atoms with van der Waals surface area (Å²) in [5.74, 6) is -1.38. The Kier molecular flexibility index (Phi) is 62.1. The molecule has 0 spiro atoms. The quantitative estimate of drug-likeness (QED) is 0.0222. The molecule has 0 bridgehead atoms. The molecule has 89 heavy (non-hydrogen) atoms. The van der Waals surface area contributed by atoms with Crippen molar-refractivity contribution in [1.82, 2.24) is 0 Å². The second-order valence-corrected chi connectivity index (χ2v) is 28.7. The van der Waals surface area contributed by atoms with E-state index in [2.05, 4.69) is 34.6 Å². The summed E-state index contributed by atoms with van der Waals surface area (Å²) in [6.07, 6.45) is 49.9.